The van der Waals surface area contributed by atoms with Gasteiger partial charge in [0.25, 0.3) is 0 Å². The van der Waals surface area contributed by atoms with Crippen LogP contribution in [0.3, 0.4) is 0 Å². The van der Waals surface area contributed by atoms with Crippen LogP contribution < -0.4 is 0 Å². The number of methoxy groups -OCH3 is 1. The largest absolute Gasteiger partial charge is 0.384 e. The lowest BCUT2D eigenvalue weighted by Crippen LogP contribution is -2.16. The zero-order valence-corrected chi connectivity index (χ0v) is 9.40. The van der Waals surface area contributed by atoms with Crippen LogP contribution in [0, 0.1) is 5.92 Å². The monoisotopic (exact) mass is 206 g/mol. The summed E-state index contributed by atoms with van der Waals surface area (Å²) in [5, 5.41) is 0. The van der Waals surface area contributed by atoms with E-state index in [0.717, 1.165) is 6.42 Å². The summed E-state index contributed by atoms with van der Waals surface area (Å²) in [5.74, 6) is 0.291. The fraction of sp³-hybridized carbons (Fsp3) is 0.462. The van der Waals surface area contributed by atoms with Crippen LogP contribution in [-0.2, 0) is 16.0 Å². The number of benzene rings is 1. The molecule has 1 atom stereocenters. The fourth-order valence-electron chi connectivity index (χ4n) is 1.50. The van der Waals surface area contributed by atoms with Crippen molar-refractivity contribution in [3.05, 3.63) is 35.9 Å². The van der Waals surface area contributed by atoms with Crippen molar-refractivity contribution >= 4 is 5.78 Å². The Balaban J connectivity index is 2.34. The van der Waals surface area contributed by atoms with E-state index in [1.807, 2.05) is 37.3 Å². The van der Waals surface area contributed by atoms with Gasteiger partial charge in [0.1, 0.15) is 5.78 Å². The van der Waals surface area contributed by atoms with Crippen molar-refractivity contribution in [2.24, 2.45) is 5.92 Å². The first kappa shape index (κ1) is 11.9. The van der Waals surface area contributed by atoms with Gasteiger partial charge in [-0.05, 0) is 12.0 Å². The van der Waals surface area contributed by atoms with Crippen molar-refractivity contribution in [3.63, 3.8) is 0 Å². The van der Waals surface area contributed by atoms with Gasteiger partial charge in [0.2, 0.25) is 0 Å². The first-order chi connectivity index (χ1) is 7.24. The van der Waals surface area contributed by atoms with Crippen LogP contribution in [0.2, 0.25) is 0 Å². The summed E-state index contributed by atoms with van der Waals surface area (Å²) >= 11 is 0. The highest BCUT2D eigenvalue weighted by Gasteiger charge is 2.11. The van der Waals surface area contributed by atoms with E-state index >= 15 is 0 Å². The molecule has 0 amide bonds. The van der Waals surface area contributed by atoms with Gasteiger partial charge in [0.05, 0.1) is 6.61 Å². The molecule has 1 aromatic rings. The number of Topliss-reactive ketones (excluding diaryl/α,β-unsaturated/α-hetero) is 1. The van der Waals surface area contributed by atoms with Gasteiger partial charge in [-0.3, -0.25) is 4.79 Å². The Labute approximate surface area is 91.3 Å². The number of ether oxygens (including phenoxy) is 1. The van der Waals surface area contributed by atoms with Gasteiger partial charge < -0.3 is 4.74 Å². The minimum atomic E-state index is 0.0127. The van der Waals surface area contributed by atoms with E-state index in [1.54, 1.807) is 7.11 Å². The maximum atomic E-state index is 11.6. The second-order valence-corrected chi connectivity index (χ2v) is 3.81. The first-order valence-electron chi connectivity index (χ1n) is 5.29. The third-order valence-electron chi connectivity index (χ3n) is 2.47. The van der Waals surface area contributed by atoms with Crippen LogP contribution in [0.15, 0.2) is 30.3 Å². The predicted molar refractivity (Wildman–Crippen MR) is 60.8 cm³/mol. The number of carbonyl (C=O) groups is 1. The third kappa shape index (κ3) is 4.26. The molecule has 0 aliphatic rings. The molecule has 0 heterocycles. The molecule has 0 unspecified atom stereocenters. The van der Waals surface area contributed by atoms with E-state index < -0.39 is 0 Å². The van der Waals surface area contributed by atoms with Crippen molar-refractivity contribution in [2.45, 2.75) is 19.8 Å². The zero-order chi connectivity index (χ0) is 11.1. The Morgan fingerprint density at radius 1 is 1.33 bits per heavy atom. The lowest BCUT2D eigenvalue weighted by molar-refractivity contribution is -0.123. The number of carbonyl (C=O) groups excluding carboxylic acids is 1. The lowest BCUT2D eigenvalue weighted by atomic mass is 10.0. The maximum Gasteiger partial charge on any atom is 0.138 e. The SMILES string of the molecule is COC[C@@H](C)C(=O)CCc1ccccc1. The van der Waals surface area contributed by atoms with E-state index in [0.29, 0.717) is 13.0 Å². The van der Waals surface area contributed by atoms with Gasteiger partial charge in [-0.25, -0.2) is 0 Å². The average Bonchev–Trinajstić information content (AvgIpc) is 2.27. The minimum absolute atomic E-state index is 0.0127. The predicted octanol–water partition coefficient (Wildman–Crippen LogP) is 2.47. The molecule has 82 valence electrons. The highest BCUT2D eigenvalue weighted by Crippen LogP contribution is 2.07. The van der Waals surface area contributed by atoms with E-state index in [9.17, 15) is 4.79 Å². The molecular weight excluding hydrogens is 188 g/mol. The van der Waals surface area contributed by atoms with Crippen molar-refractivity contribution in [1.82, 2.24) is 0 Å². The topological polar surface area (TPSA) is 26.3 Å². The molecule has 15 heavy (non-hydrogen) atoms. The molecule has 0 aromatic heterocycles. The maximum absolute atomic E-state index is 11.6. The van der Waals surface area contributed by atoms with E-state index in [-0.39, 0.29) is 11.7 Å². The first-order valence-corrected chi connectivity index (χ1v) is 5.29. The van der Waals surface area contributed by atoms with Crippen LogP contribution in [0.1, 0.15) is 18.9 Å². The second-order valence-electron chi connectivity index (χ2n) is 3.81. The highest BCUT2D eigenvalue weighted by atomic mass is 16.5. The van der Waals surface area contributed by atoms with Crippen LogP contribution in [-0.4, -0.2) is 19.5 Å². The Kier molecular flexibility index (Phi) is 5.05. The molecule has 0 bridgehead atoms. The summed E-state index contributed by atoms with van der Waals surface area (Å²) in [6.07, 6.45) is 1.43. The third-order valence-corrected chi connectivity index (χ3v) is 2.47. The molecule has 0 saturated carbocycles. The summed E-state index contributed by atoms with van der Waals surface area (Å²) in [7, 11) is 1.63. The molecule has 0 fully saturated rings. The summed E-state index contributed by atoms with van der Waals surface area (Å²) in [5.41, 5.74) is 1.22. The second kappa shape index (κ2) is 6.36. The zero-order valence-electron chi connectivity index (χ0n) is 9.40. The molecule has 2 heteroatoms. The smallest absolute Gasteiger partial charge is 0.138 e. The minimum Gasteiger partial charge on any atom is -0.384 e. The molecule has 0 radical (unpaired) electrons. The van der Waals surface area contributed by atoms with Crippen molar-refractivity contribution < 1.29 is 9.53 Å². The molecular formula is C13H18O2. The van der Waals surface area contributed by atoms with Crippen molar-refractivity contribution in [1.29, 1.82) is 0 Å². The molecule has 0 saturated heterocycles. The number of hydrogen-bond acceptors (Lipinski definition) is 2. The standard InChI is InChI=1S/C13H18O2/c1-11(10-15-2)13(14)9-8-12-6-4-3-5-7-12/h3-7,11H,8-10H2,1-2H3/t11-/m1/s1. The van der Waals surface area contributed by atoms with E-state index in [2.05, 4.69) is 0 Å². The molecule has 2 nitrogen and oxygen atoms in total. The van der Waals surface area contributed by atoms with Gasteiger partial charge in [-0.1, -0.05) is 37.3 Å². The number of ketones is 1. The lowest BCUT2D eigenvalue weighted by Gasteiger charge is -2.08. The molecule has 1 rings (SSSR count). The van der Waals surface area contributed by atoms with Gasteiger partial charge in [0, 0.05) is 19.4 Å². The Bertz CT molecular complexity index is 293. The quantitative estimate of drug-likeness (QED) is 0.714. The average molecular weight is 206 g/mol. The molecule has 0 N–H and O–H groups in total. The normalized spacial score (nSPS) is 12.4. The summed E-state index contributed by atoms with van der Waals surface area (Å²) in [6, 6.07) is 10.1. The molecule has 1 aromatic carbocycles. The van der Waals surface area contributed by atoms with Gasteiger partial charge in [-0.15, -0.1) is 0 Å². The van der Waals surface area contributed by atoms with Gasteiger partial charge >= 0.3 is 0 Å². The summed E-state index contributed by atoms with van der Waals surface area (Å²) < 4.78 is 4.96. The van der Waals surface area contributed by atoms with Crippen LogP contribution in [0.4, 0.5) is 0 Å². The molecule has 0 aliphatic carbocycles. The summed E-state index contributed by atoms with van der Waals surface area (Å²) in [4.78, 5) is 11.6. The number of rotatable bonds is 6. The van der Waals surface area contributed by atoms with Crippen molar-refractivity contribution in [2.75, 3.05) is 13.7 Å². The Morgan fingerprint density at radius 3 is 2.60 bits per heavy atom. The number of hydrogen-bond donors (Lipinski definition) is 0. The van der Waals surface area contributed by atoms with Crippen LogP contribution in [0.5, 0.6) is 0 Å². The van der Waals surface area contributed by atoms with Gasteiger partial charge in [-0.2, -0.15) is 0 Å². The van der Waals surface area contributed by atoms with E-state index in [1.165, 1.54) is 5.56 Å². The van der Waals surface area contributed by atoms with Gasteiger partial charge in [0.15, 0.2) is 0 Å². The highest BCUT2D eigenvalue weighted by molar-refractivity contribution is 5.80. The Morgan fingerprint density at radius 2 is 2.00 bits per heavy atom. The van der Waals surface area contributed by atoms with E-state index in [4.69, 9.17) is 4.74 Å². The molecule has 0 aliphatic heterocycles. The summed E-state index contributed by atoms with van der Waals surface area (Å²) in [6.45, 7) is 2.43. The van der Waals surface area contributed by atoms with Crippen LogP contribution >= 0.6 is 0 Å². The van der Waals surface area contributed by atoms with Crippen LogP contribution in [0.25, 0.3) is 0 Å². The fourth-order valence-corrected chi connectivity index (χ4v) is 1.50. The van der Waals surface area contributed by atoms with Crippen molar-refractivity contribution in [3.8, 4) is 0 Å². The Hall–Kier alpha value is -1.15. The molecule has 0 spiro atoms. The number of aryl methyl sites for hydroxylation is 1.